The quantitative estimate of drug-likeness (QED) is 0.846. The van der Waals surface area contributed by atoms with Crippen molar-refractivity contribution in [2.45, 2.75) is 26.8 Å². The molecule has 0 aliphatic rings. The van der Waals surface area contributed by atoms with Crippen LogP contribution in [0.1, 0.15) is 25.2 Å². The second-order valence-electron chi connectivity index (χ2n) is 4.48. The van der Waals surface area contributed by atoms with Crippen molar-refractivity contribution in [3.63, 3.8) is 0 Å². The van der Waals surface area contributed by atoms with Gasteiger partial charge in [0.05, 0.1) is 0 Å². The van der Waals surface area contributed by atoms with Crippen molar-refractivity contribution in [3.8, 4) is 0 Å². The Bertz CT molecular complexity index is 527. The molecule has 0 aliphatic heterocycles. The van der Waals surface area contributed by atoms with Crippen molar-refractivity contribution in [1.29, 1.82) is 0 Å². The molecule has 2 heterocycles. The summed E-state index contributed by atoms with van der Waals surface area (Å²) >= 11 is 5.24. The summed E-state index contributed by atoms with van der Waals surface area (Å²) in [4.78, 5) is 4.01. The first-order valence-corrected chi connectivity index (χ1v) is 6.10. The fourth-order valence-electron chi connectivity index (χ4n) is 1.72. The van der Waals surface area contributed by atoms with E-state index in [-0.39, 0.29) is 0 Å². The number of rotatable bonds is 4. The molecule has 0 bridgehead atoms. The van der Waals surface area contributed by atoms with Gasteiger partial charge in [-0.2, -0.15) is 5.10 Å². The first kappa shape index (κ1) is 12.0. The minimum absolute atomic E-state index is 0.551. The van der Waals surface area contributed by atoms with E-state index in [1.165, 1.54) is 5.56 Å². The van der Waals surface area contributed by atoms with E-state index in [1.54, 1.807) is 12.4 Å². The molecule has 0 amide bonds. The van der Waals surface area contributed by atoms with Gasteiger partial charge >= 0.3 is 0 Å². The number of nitrogens with one attached hydrogen (secondary N) is 1. The van der Waals surface area contributed by atoms with Crippen molar-refractivity contribution < 1.29 is 0 Å². The van der Waals surface area contributed by atoms with Gasteiger partial charge in [-0.25, -0.2) is 0 Å². The van der Waals surface area contributed by atoms with Gasteiger partial charge in [-0.15, -0.1) is 0 Å². The third-order valence-corrected chi connectivity index (χ3v) is 2.81. The van der Waals surface area contributed by atoms with E-state index in [0.717, 1.165) is 18.8 Å². The normalized spacial score (nSPS) is 11.0. The molecule has 0 unspecified atom stereocenters. The van der Waals surface area contributed by atoms with Gasteiger partial charge in [0.1, 0.15) is 5.82 Å². The van der Waals surface area contributed by atoms with E-state index in [0.29, 0.717) is 10.7 Å². The van der Waals surface area contributed by atoms with E-state index < -0.39 is 0 Å². The zero-order valence-corrected chi connectivity index (χ0v) is 10.9. The lowest BCUT2D eigenvalue weighted by Crippen LogP contribution is -2.09. The minimum Gasteiger partial charge on any atom is -0.304 e. The molecule has 0 aromatic carbocycles. The summed E-state index contributed by atoms with van der Waals surface area (Å²) in [6, 6.07) is 3.99. The van der Waals surface area contributed by atoms with Gasteiger partial charge in [-0.3, -0.25) is 10.1 Å². The van der Waals surface area contributed by atoms with Crippen LogP contribution in [0, 0.1) is 10.7 Å². The largest absolute Gasteiger partial charge is 0.304 e. The Labute approximate surface area is 106 Å². The average Bonchev–Trinajstić information content (AvgIpc) is 2.62. The summed E-state index contributed by atoms with van der Waals surface area (Å²) in [5.41, 5.74) is 1.19. The molecule has 90 valence electrons. The van der Waals surface area contributed by atoms with Crippen LogP contribution in [-0.4, -0.2) is 19.7 Å². The highest BCUT2D eigenvalue weighted by Crippen LogP contribution is 2.09. The van der Waals surface area contributed by atoms with Gasteiger partial charge in [0.15, 0.2) is 4.77 Å². The first-order chi connectivity index (χ1) is 8.16. The highest BCUT2D eigenvalue weighted by atomic mass is 32.1. The van der Waals surface area contributed by atoms with Crippen molar-refractivity contribution in [2.75, 3.05) is 0 Å². The van der Waals surface area contributed by atoms with Gasteiger partial charge < -0.3 is 4.57 Å². The van der Waals surface area contributed by atoms with Crippen molar-refractivity contribution >= 4 is 12.2 Å². The predicted octanol–water partition coefficient (Wildman–Crippen LogP) is 2.58. The Kier molecular flexibility index (Phi) is 3.68. The fraction of sp³-hybridized carbons (Fsp3) is 0.417. The lowest BCUT2D eigenvalue weighted by atomic mass is 10.2. The molecule has 4 nitrogen and oxygen atoms in total. The lowest BCUT2D eigenvalue weighted by molar-refractivity contribution is 0.505. The molecule has 0 saturated carbocycles. The van der Waals surface area contributed by atoms with Crippen LogP contribution in [-0.2, 0) is 13.0 Å². The number of aromatic nitrogens is 4. The second-order valence-corrected chi connectivity index (χ2v) is 4.87. The third-order valence-electron chi connectivity index (χ3n) is 2.50. The molecule has 0 fully saturated rings. The number of aromatic amines is 1. The summed E-state index contributed by atoms with van der Waals surface area (Å²) in [6.07, 6.45) is 4.37. The molecule has 17 heavy (non-hydrogen) atoms. The van der Waals surface area contributed by atoms with Gasteiger partial charge in [-0.1, -0.05) is 13.8 Å². The summed E-state index contributed by atoms with van der Waals surface area (Å²) in [6.45, 7) is 5.24. The summed E-state index contributed by atoms with van der Waals surface area (Å²) in [7, 11) is 0. The van der Waals surface area contributed by atoms with Crippen LogP contribution in [0.4, 0.5) is 0 Å². The monoisotopic (exact) mass is 248 g/mol. The van der Waals surface area contributed by atoms with E-state index in [1.807, 2.05) is 12.1 Å². The molecule has 1 N–H and O–H groups in total. The van der Waals surface area contributed by atoms with Gasteiger partial charge in [0.25, 0.3) is 0 Å². The van der Waals surface area contributed by atoms with Crippen LogP contribution < -0.4 is 0 Å². The minimum atomic E-state index is 0.551. The zero-order valence-electron chi connectivity index (χ0n) is 10.1. The molecule has 5 heteroatoms. The van der Waals surface area contributed by atoms with E-state index in [2.05, 4.69) is 33.6 Å². The van der Waals surface area contributed by atoms with Gasteiger partial charge in [0, 0.05) is 25.4 Å². The molecule has 0 saturated heterocycles. The van der Waals surface area contributed by atoms with Crippen molar-refractivity contribution in [2.24, 2.45) is 5.92 Å². The highest BCUT2D eigenvalue weighted by molar-refractivity contribution is 7.71. The smallest absolute Gasteiger partial charge is 0.195 e. The second kappa shape index (κ2) is 5.23. The Morgan fingerprint density at radius 2 is 2.06 bits per heavy atom. The predicted molar refractivity (Wildman–Crippen MR) is 69.3 cm³/mol. The molecule has 0 atom stereocenters. The molecule has 0 radical (unpaired) electrons. The number of hydrogen-bond donors (Lipinski definition) is 1. The average molecular weight is 248 g/mol. The molecule has 0 aliphatic carbocycles. The Hall–Kier alpha value is -1.49. The number of nitrogens with zero attached hydrogens (tertiary/aromatic N) is 3. The van der Waals surface area contributed by atoms with Crippen molar-refractivity contribution in [3.05, 3.63) is 40.7 Å². The zero-order chi connectivity index (χ0) is 12.3. The highest BCUT2D eigenvalue weighted by Gasteiger charge is 2.08. The SMILES string of the molecule is CC(C)Cn1c(Cc2ccncc2)n[nH]c1=S. The van der Waals surface area contributed by atoms with Gasteiger partial charge in [-0.05, 0) is 35.8 Å². The molecule has 2 rings (SSSR count). The van der Waals surface area contributed by atoms with Crippen LogP contribution >= 0.6 is 12.2 Å². The van der Waals surface area contributed by atoms with Crippen LogP contribution in [0.5, 0.6) is 0 Å². The lowest BCUT2D eigenvalue weighted by Gasteiger charge is -2.09. The van der Waals surface area contributed by atoms with Crippen molar-refractivity contribution in [1.82, 2.24) is 19.7 Å². The topological polar surface area (TPSA) is 46.5 Å². The molecular formula is C12H16N4S. The van der Waals surface area contributed by atoms with Crippen LogP contribution in [0.3, 0.4) is 0 Å². The van der Waals surface area contributed by atoms with E-state index in [4.69, 9.17) is 12.2 Å². The van der Waals surface area contributed by atoms with Gasteiger partial charge in [0.2, 0.25) is 0 Å². The summed E-state index contributed by atoms with van der Waals surface area (Å²) in [5, 5.41) is 7.15. The number of pyridine rings is 1. The fourth-order valence-corrected chi connectivity index (χ4v) is 1.95. The molecular weight excluding hydrogens is 232 g/mol. The van der Waals surface area contributed by atoms with E-state index >= 15 is 0 Å². The standard InChI is InChI=1S/C12H16N4S/c1-9(2)8-16-11(14-15-12(16)17)7-10-3-5-13-6-4-10/h3-6,9H,7-8H2,1-2H3,(H,15,17). The maximum absolute atomic E-state index is 5.24. The maximum Gasteiger partial charge on any atom is 0.195 e. The first-order valence-electron chi connectivity index (χ1n) is 5.70. The molecule has 2 aromatic rings. The third kappa shape index (κ3) is 3.00. The number of hydrogen-bond acceptors (Lipinski definition) is 3. The van der Waals surface area contributed by atoms with Crippen LogP contribution in [0.25, 0.3) is 0 Å². The number of H-pyrrole nitrogens is 1. The Morgan fingerprint density at radius 1 is 1.35 bits per heavy atom. The summed E-state index contributed by atoms with van der Waals surface area (Å²) in [5.74, 6) is 1.53. The maximum atomic E-state index is 5.24. The Balaban J connectivity index is 2.25. The molecule has 0 spiro atoms. The van der Waals surface area contributed by atoms with Crippen LogP contribution in [0.15, 0.2) is 24.5 Å². The van der Waals surface area contributed by atoms with E-state index in [9.17, 15) is 0 Å². The Morgan fingerprint density at radius 3 is 2.71 bits per heavy atom. The summed E-state index contributed by atoms with van der Waals surface area (Å²) < 4.78 is 2.77. The van der Waals surface area contributed by atoms with Crippen LogP contribution in [0.2, 0.25) is 0 Å². The molecule has 2 aromatic heterocycles.